The van der Waals surface area contributed by atoms with Crippen LogP contribution in [-0.2, 0) is 11.3 Å². The number of benzene rings is 2. The Bertz CT molecular complexity index is 785. The first kappa shape index (κ1) is 20.2. The van der Waals surface area contributed by atoms with Crippen LogP contribution in [0, 0.1) is 0 Å². The molecule has 0 spiro atoms. The van der Waals surface area contributed by atoms with E-state index in [1.54, 1.807) is 30.3 Å². The number of carbonyl (C=O) groups excluding carboxylic acids is 2. The van der Waals surface area contributed by atoms with E-state index >= 15 is 0 Å². The smallest absolute Gasteiger partial charge is 0.248 e. The summed E-state index contributed by atoms with van der Waals surface area (Å²) < 4.78 is 5.47. The Labute approximate surface area is 159 Å². The van der Waals surface area contributed by atoms with Crippen LogP contribution in [0.1, 0.15) is 22.8 Å². The van der Waals surface area contributed by atoms with Crippen molar-refractivity contribution in [1.82, 2.24) is 4.90 Å². The number of nitrogens with one attached hydrogen (secondary N) is 1. The van der Waals surface area contributed by atoms with Crippen molar-refractivity contribution in [2.75, 3.05) is 19.0 Å². The van der Waals surface area contributed by atoms with Crippen LogP contribution in [0.25, 0.3) is 0 Å². The molecule has 0 heterocycles. The van der Waals surface area contributed by atoms with Crippen LogP contribution in [0.15, 0.2) is 61.2 Å². The summed E-state index contributed by atoms with van der Waals surface area (Å²) in [7, 11) is 1.89. The van der Waals surface area contributed by atoms with Crippen molar-refractivity contribution in [2.24, 2.45) is 5.73 Å². The molecule has 0 aliphatic heterocycles. The van der Waals surface area contributed by atoms with Gasteiger partial charge in [0.15, 0.2) is 0 Å². The van der Waals surface area contributed by atoms with E-state index in [0.29, 0.717) is 24.4 Å². The zero-order valence-corrected chi connectivity index (χ0v) is 15.6. The van der Waals surface area contributed by atoms with Gasteiger partial charge in [-0.05, 0) is 55.9 Å². The second kappa shape index (κ2) is 9.54. The van der Waals surface area contributed by atoms with E-state index in [1.807, 2.05) is 43.1 Å². The lowest BCUT2D eigenvalue weighted by Gasteiger charge is -2.24. The predicted molar refractivity (Wildman–Crippen MR) is 107 cm³/mol. The molecule has 2 aromatic carbocycles. The monoisotopic (exact) mass is 367 g/mol. The lowest BCUT2D eigenvalue weighted by atomic mass is 10.1. The van der Waals surface area contributed by atoms with Gasteiger partial charge in [0, 0.05) is 17.8 Å². The Hall–Kier alpha value is -3.12. The van der Waals surface area contributed by atoms with Crippen molar-refractivity contribution in [2.45, 2.75) is 19.5 Å². The van der Waals surface area contributed by atoms with Crippen LogP contribution >= 0.6 is 0 Å². The molecule has 0 saturated heterocycles. The Kier molecular flexibility index (Phi) is 7.14. The van der Waals surface area contributed by atoms with Gasteiger partial charge in [0.25, 0.3) is 0 Å². The summed E-state index contributed by atoms with van der Waals surface area (Å²) in [6.45, 7) is 6.55. The molecule has 27 heavy (non-hydrogen) atoms. The van der Waals surface area contributed by atoms with Crippen LogP contribution in [-0.4, -0.2) is 36.4 Å². The maximum atomic E-state index is 12.5. The highest BCUT2D eigenvalue weighted by Crippen LogP contribution is 2.15. The van der Waals surface area contributed by atoms with Crippen molar-refractivity contribution in [3.8, 4) is 5.75 Å². The number of amides is 2. The maximum Gasteiger partial charge on any atom is 0.248 e. The molecular formula is C21H25N3O3. The predicted octanol–water partition coefficient (Wildman–Crippen LogP) is 2.81. The fourth-order valence-electron chi connectivity index (χ4n) is 2.44. The number of nitrogens with two attached hydrogens (primary N) is 1. The largest absolute Gasteiger partial charge is 0.490 e. The van der Waals surface area contributed by atoms with E-state index in [2.05, 4.69) is 11.9 Å². The summed E-state index contributed by atoms with van der Waals surface area (Å²) in [4.78, 5) is 25.5. The van der Waals surface area contributed by atoms with Crippen molar-refractivity contribution in [3.63, 3.8) is 0 Å². The van der Waals surface area contributed by atoms with Crippen molar-refractivity contribution >= 4 is 17.5 Å². The van der Waals surface area contributed by atoms with Gasteiger partial charge in [0.05, 0.1) is 6.04 Å². The number of ether oxygens (including phenoxy) is 1. The highest BCUT2D eigenvalue weighted by molar-refractivity contribution is 5.96. The average molecular weight is 367 g/mol. The number of rotatable bonds is 9. The van der Waals surface area contributed by atoms with Gasteiger partial charge in [-0.1, -0.05) is 24.8 Å². The van der Waals surface area contributed by atoms with Crippen LogP contribution in [0.2, 0.25) is 0 Å². The topological polar surface area (TPSA) is 84.7 Å². The van der Waals surface area contributed by atoms with Crippen LogP contribution < -0.4 is 15.8 Å². The number of hydrogen-bond donors (Lipinski definition) is 2. The lowest BCUT2D eigenvalue weighted by Crippen LogP contribution is -2.39. The third-order valence-electron chi connectivity index (χ3n) is 4.20. The quantitative estimate of drug-likeness (QED) is 0.668. The van der Waals surface area contributed by atoms with Gasteiger partial charge in [-0.15, -0.1) is 0 Å². The number of primary amides is 1. The molecule has 0 unspecified atom stereocenters. The molecule has 0 aliphatic carbocycles. The van der Waals surface area contributed by atoms with Crippen LogP contribution in [0.3, 0.4) is 0 Å². The fourth-order valence-corrected chi connectivity index (χ4v) is 2.44. The van der Waals surface area contributed by atoms with Gasteiger partial charge in [-0.25, -0.2) is 0 Å². The Balaban J connectivity index is 1.91. The molecule has 2 amide bonds. The van der Waals surface area contributed by atoms with Gasteiger partial charge in [-0.3, -0.25) is 14.5 Å². The lowest BCUT2D eigenvalue weighted by molar-refractivity contribution is -0.120. The highest BCUT2D eigenvalue weighted by Gasteiger charge is 2.18. The van der Waals surface area contributed by atoms with Gasteiger partial charge >= 0.3 is 0 Å². The highest BCUT2D eigenvalue weighted by atomic mass is 16.5. The molecule has 0 radical (unpaired) electrons. The first-order valence-electron chi connectivity index (χ1n) is 8.64. The normalized spacial score (nSPS) is 11.7. The molecule has 142 valence electrons. The average Bonchev–Trinajstić information content (AvgIpc) is 2.67. The number of nitrogens with zero attached hydrogens (tertiary/aromatic N) is 1. The van der Waals surface area contributed by atoms with Crippen molar-refractivity contribution in [1.29, 1.82) is 0 Å². The van der Waals surface area contributed by atoms with Gasteiger partial charge in [0.2, 0.25) is 11.8 Å². The molecule has 2 rings (SSSR count). The summed E-state index contributed by atoms with van der Waals surface area (Å²) in [5.41, 5.74) is 7.31. The number of hydrogen-bond acceptors (Lipinski definition) is 4. The Morgan fingerprint density at radius 3 is 2.37 bits per heavy atom. The Morgan fingerprint density at radius 1 is 1.19 bits per heavy atom. The summed E-state index contributed by atoms with van der Waals surface area (Å²) in [5.74, 6) is 0.156. The third kappa shape index (κ3) is 5.97. The zero-order valence-electron chi connectivity index (χ0n) is 15.6. The summed E-state index contributed by atoms with van der Waals surface area (Å²) in [6, 6.07) is 13.9. The molecule has 2 aromatic rings. The fraction of sp³-hybridized carbons (Fsp3) is 0.238. The summed E-state index contributed by atoms with van der Waals surface area (Å²) in [5, 5.41) is 2.84. The van der Waals surface area contributed by atoms with Crippen molar-refractivity contribution in [3.05, 3.63) is 72.3 Å². The van der Waals surface area contributed by atoms with Crippen LogP contribution in [0.4, 0.5) is 5.69 Å². The van der Waals surface area contributed by atoms with E-state index in [9.17, 15) is 9.59 Å². The minimum atomic E-state index is -0.498. The zero-order chi connectivity index (χ0) is 19.8. The first-order valence-corrected chi connectivity index (χ1v) is 8.64. The van der Waals surface area contributed by atoms with Gasteiger partial charge in [-0.2, -0.15) is 0 Å². The third-order valence-corrected chi connectivity index (χ3v) is 4.20. The second-order valence-electron chi connectivity index (χ2n) is 6.27. The van der Waals surface area contributed by atoms with Crippen LogP contribution in [0.5, 0.6) is 5.75 Å². The number of likely N-dealkylation sites (N-methyl/N-ethyl adjacent to an activating group) is 1. The molecule has 0 aliphatic rings. The molecule has 3 N–H and O–H groups in total. The molecule has 0 fully saturated rings. The standard InChI is InChI=1S/C21H25N3O3/c1-4-13-27-19-11-5-16(6-12-19)14-24(3)15(2)21(26)23-18-9-7-17(8-10-18)20(22)25/h4-12,15H,1,13-14H2,2-3H3,(H2,22,25)(H,23,26)/t15-/m1/s1. The molecule has 1 atom stereocenters. The number of carbonyl (C=O) groups is 2. The van der Waals surface area contributed by atoms with Gasteiger partial charge < -0.3 is 15.8 Å². The second-order valence-corrected chi connectivity index (χ2v) is 6.27. The van der Waals surface area contributed by atoms with Crippen molar-refractivity contribution < 1.29 is 14.3 Å². The SMILES string of the molecule is C=CCOc1ccc(CN(C)[C@H](C)C(=O)Nc2ccc(C(N)=O)cc2)cc1. The van der Waals surface area contributed by atoms with Gasteiger partial charge in [0.1, 0.15) is 12.4 Å². The molecule has 6 nitrogen and oxygen atoms in total. The minimum absolute atomic E-state index is 0.129. The van der Waals surface area contributed by atoms with E-state index in [0.717, 1.165) is 11.3 Å². The maximum absolute atomic E-state index is 12.5. The molecule has 0 saturated carbocycles. The van der Waals surface area contributed by atoms with E-state index < -0.39 is 5.91 Å². The van der Waals surface area contributed by atoms with E-state index in [4.69, 9.17) is 10.5 Å². The van der Waals surface area contributed by atoms with E-state index in [1.165, 1.54) is 0 Å². The molecule has 0 bridgehead atoms. The summed E-state index contributed by atoms with van der Waals surface area (Å²) >= 11 is 0. The number of anilines is 1. The summed E-state index contributed by atoms with van der Waals surface area (Å²) in [6.07, 6.45) is 1.70. The first-order chi connectivity index (χ1) is 12.9. The molecular weight excluding hydrogens is 342 g/mol. The Morgan fingerprint density at radius 2 is 1.81 bits per heavy atom. The molecule has 6 heteroatoms. The molecule has 0 aromatic heterocycles. The minimum Gasteiger partial charge on any atom is -0.490 e. The van der Waals surface area contributed by atoms with E-state index in [-0.39, 0.29) is 11.9 Å².